The number of hydrogen-bond acceptors (Lipinski definition) is 17. The van der Waals surface area contributed by atoms with E-state index < -0.39 is 80.3 Å². The number of oxime groups is 1. The van der Waals surface area contributed by atoms with E-state index in [1.54, 1.807) is 24.3 Å². The van der Waals surface area contributed by atoms with Crippen LogP contribution in [0, 0.1) is 20.2 Å². The Morgan fingerprint density at radius 3 is 1.67 bits per heavy atom. The number of aromatic nitrogens is 2. The van der Waals surface area contributed by atoms with Crippen molar-refractivity contribution in [2.24, 2.45) is 10.9 Å². The Kier molecular flexibility index (Phi) is 14.7. The van der Waals surface area contributed by atoms with Crippen LogP contribution in [0.2, 0.25) is 0 Å². The van der Waals surface area contributed by atoms with Crippen molar-refractivity contribution in [3.8, 4) is 34.4 Å². The lowest BCUT2D eigenvalue weighted by molar-refractivity contribution is -0.385. The van der Waals surface area contributed by atoms with Crippen molar-refractivity contribution in [1.29, 1.82) is 0 Å². The van der Waals surface area contributed by atoms with Crippen molar-refractivity contribution in [2.45, 2.75) is 29.1 Å². The van der Waals surface area contributed by atoms with E-state index in [1.165, 1.54) is 40.6 Å². The second kappa shape index (κ2) is 19.3. The van der Waals surface area contributed by atoms with Crippen molar-refractivity contribution >= 4 is 37.3 Å². The highest BCUT2D eigenvalue weighted by atomic mass is 32.2. The molecule has 0 aliphatic heterocycles. The van der Waals surface area contributed by atoms with Crippen LogP contribution in [0.4, 0.5) is 24.5 Å². The summed E-state index contributed by atoms with van der Waals surface area (Å²) in [6, 6.07) is 14.9. The Morgan fingerprint density at radius 2 is 1.25 bits per heavy atom. The Bertz CT molecular complexity index is 2680. The summed E-state index contributed by atoms with van der Waals surface area (Å²) in [5.74, 6) is -1.25. The third kappa shape index (κ3) is 11.3. The zero-order chi connectivity index (χ0) is 45.3. The number of alkyl halides is 3. The van der Waals surface area contributed by atoms with Crippen LogP contribution in [-0.2, 0) is 39.3 Å². The van der Waals surface area contributed by atoms with Crippen LogP contribution in [0.15, 0.2) is 92.3 Å². The maximum atomic E-state index is 13.0. The molecule has 0 amide bonds. The molecule has 5 aromatic rings. The molecule has 326 valence electrons. The molecule has 0 fully saturated rings. The van der Waals surface area contributed by atoms with Gasteiger partial charge in [-0.05, 0) is 24.3 Å². The zero-order valence-electron chi connectivity index (χ0n) is 31.9. The fraction of sp³-hybridized carbons (Fsp3) is 0.206. The van der Waals surface area contributed by atoms with Crippen molar-refractivity contribution in [3.05, 3.63) is 116 Å². The number of rotatable bonds is 16. The molecular weight excluding hydrogens is 866 g/mol. The first-order valence-corrected chi connectivity index (χ1v) is 19.5. The molecular formula is C34H33F3N8O14S2. The normalized spacial score (nSPS) is 11.9. The van der Waals surface area contributed by atoms with Crippen LogP contribution in [0.3, 0.4) is 0 Å². The summed E-state index contributed by atoms with van der Waals surface area (Å²) in [5, 5.41) is 37.0. The lowest BCUT2D eigenvalue weighted by atomic mass is 10.2. The summed E-state index contributed by atoms with van der Waals surface area (Å²) in [6.07, 6.45) is -4.96. The molecule has 0 bridgehead atoms. The van der Waals surface area contributed by atoms with Gasteiger partial charge in [-0.25, -0.2) is 26.3 Å². The number of non-ortho nitro benzene ring substituents is 2. The number of amidine groups is 1. The highest BCUT2D eigenvalue weighted by molar-refractivity contribution is 7.89. The number of hydrogen-bond donors (Lipinski definition) is 4. The van der Waals surface area contributed by atoms with Gasteiger partial charge < -0.3 is 34.4 Å². The van der Waals surface area contributed by atoms with Crippen molar-refractivity contribution in [2.75, 3.05) is 28.4 Å². The van der Waals surface area contributed by atoms with Gasteiger partial charge >= 0.3 is 12.1 Å². The van der Waals surface area contributed by atoms with Gasteiger partial charge in [0.2, 0.25) is 25.9 Å². The second-order valence-corrected chi connectivity index (χ2v) is 15.3. The fourth-order valence-electron chi connectivity index (χ4n) is 5.09. The number of sulfonamides is 2. The van der Waals surface area contributed by atoms with Gasteiger partial charge in [0.25, 0.3) is 11.4 Å². The van der Waals surface area contributed by atoms with Gasteiger partial charge in [-0.1, -0.05) is 22.4 Å². The molecule has 0 atom stereocenters. The van der Waals surface area contributed by atoms with Gasteiger partial charge in [-0.3, -0.25) is 20.2 Å². The summed E-state index contributed by atoms with van der Waals surface area (Å²) in [6.45, 7) is -0.481. The molecule has 1 aromatic heterocycles. The number of benzene rings is 4. The molecule has 0 spiro atoms. The number of nitrogens with two attached hydrogens (primary N) is 1. The third-order valence-electron chi connectivity index (χ3n) is 8.12. The number of halogens is 3. The van der Waals surface area contributed by atoms with Crippen molar-refractivity contribution in [1.82, 2.24) is 19.6 Å². The Morgan fingerprint density at radius 1 is 0.770 bits per heavy atom. The van der Waals surface area contributed by atoms with Crippen LogP contribution in [-0.4, -0.2) is 76.3 Å². The minimum absolute atomic E-state index is 0.173. The highest BCUT2D eigenvalue weighted by Crippen LogP contribution is 2.34. The van der Waals surface area contributed by atoms with E-state index in [0.29, 0.717) is 40.2 Å². The number of nitro benzene ring substituents is 2. The second-order valence-electron chi connectivity index (χ2n) is 11.8. The van der Waals surface area contributed by atoms with Crippen LogP contribution < -0.4 is 34.1 Å². The van der Waals surface area contributed by atoms with Gasteiger partial charge in [0.1, 0.15) is 23.0 Å². The summed E-state index contributed by atoms with van der Waals surface area (Å²) in [4.78, 5) is 22.5. The van der Waals surface area contributed by atoms with Crippen LogP contribution in [0.5, 0.6) is 23.0 Å². The molecule has 27 heteroatoms. The van der Waals surface area contributed by atoms with Crippen LogP contribution in [0.1, 0.15) is 22.6 Å². The Balaban J connectivity index is 0.000000272. The molecule has 4 aromatic carbocycles. The van der Waals surface area contributed by atoms with E-state index in [0.717, 1.165) is 30.3 Å². The average Bonchev–Trinajstić information content (AvgIpc) is 3.76. The van der Waals surface area contributed by atoms with Crippen LogP contribution >= 0.6 is 0 Å². The monoisotopic (exact) mass is 898 g/mol. The molecule has 1 heterocycles. The lowest BCUT2D eigenvalue weighted by Crippen LogP contribution is -2.27. The lowest BCUT2D eigenvalue weighted by Gasteiger charge is -2.13. The number of methoxy groups -OCH3 is 4. The maximum absolute atomic E-state index is 13.0. The predicted molar refractivity (Wildman–Crippen MR) is 204 cm³/mol. The van der Waals surface area contributed by atoms with Crippen LogP contribution in [0.25, 0.3) is 11.4 Å². The van der Waals surface area contributed by atoms with Gasteiger partial charge in [0.15, 0.2) is 5.84 Å². The smallest absolute Gasteiger partial charge is 0.471 e. The van der Waals surface area contributed by atoms with Gasteiger partial charge in [-0.15, -0.1) is 0 Å². The number of nitrogens with one attached hydrogen (secondary N) is 2. The molecule has 5 rings (SSSR count). The predicted octanol–water partition coefficient (Wildman–Crippen LogP) is 4.34. The highest BCUT2D eigenvalue weighted by Gasteiger charge is 2.39. The topological polar surface area (TPSA) is 313 Å². The Labute approximate surface area is 343 Å². The van der Waals surface area contributed by atoms with Gasteiger partial charge in [0.05, 0.1) is 48.1 Å². The summed E-state index contributed by atoms with van der Waals surface area (Å²) in [5.41, 5.74) is 4.73. The van der Waals surface area contributed by atoms with E-state index in [2.05, 4.69) is 29.3 Å². The van der Waals surface area contributed by atoms with Gasteiger partial charge in [-0.2, -0.15) is 18.2 Å². The molecule has 0 unspecified atom stereocenters. The largest absolute Gasteiger partial charge is 0.497 e. The fourth-order valence-corrected chi connectivity index (χ4v) is 7.55. The van der Waals surface area contributed by atoms with Gasteiger partial charge in [0, 0.05) is 71.7 Å². The first-order valence-electron chi connectivity index (χ1n) is 16.6. The standard InChI is InChI=1S/C18H15F3N4O7S.C16H18N4O7S/c1-30-12-5-3-10(14(8-12)31-2)9-22-33(28,29)15-7-11(25(26)27)4-6-13(15)16-23-17(32-24-16)18(19,20)21;1-26-12-5-3-10(14(8-12)27-2)9-18-28(24,25)15-7-11(20(22)23)4-6-13(15)16(17)19-21/h3-8,22H,9H2,1-2H3;3-8,18,21H,9H2,1-2H3,(H2,17,19). The molecule has 5 N–H and O–H groups in total. The SMILES string of the molecule is COc1ccc(CNS(=O)(=O)c2cc([N+](=O)[O-])ccc2-c2noc(C(F)(F)F)n2)c(OC)c1.COc1ccc(CNS(=O)(=O)c2cc([N+](=O)[O-])ccc2C(N)=NO)c(OC)c1. The maximum Gasteiger partial charge on any atom is 0.471 e. The third-order valence-corrected chi connectivity index (χ3v) is 11.0. The quantitative estimate of drug-likeness (QED) is 0.0352. The summed E-state index contributed by atoms with van der Waals surface area (Å²) >= 11 is 0. The zero-order valence-corrected chi connectivity index (χ0v) is 33.5. The van der Waals surface area contributed by atoms with Crippen molar-refractivity contribution in [3.63, 3.8) is 0 Å². The first kappa shape index (κ1) is 46.6. The minimum Gasteiger partial charge on any atom is -0.497 e. The molecule has 0 aliphatic carbocycles. The summed E-state index contributed by atoms with van der Waals surface area (Å²) in [7, 11) is -3.06. The molecule has 0 radical (unpaired) electrons. The van der Waals surface area contributed by atoms with E-state index in [1.807, 2.05) is 0 Å². The van der Waals surface area contributed by atoms with Crippen molar-refractivity contribution < 1.29 is 68.5 Å². The minimum atomic E-state index is -4.96. The molecule has 0 saturated heterocycles. The number of nitrogens with zero attached hydrogens (tertiary/aromatic N) is 5. The van der Waals surface area contributed by atoms with E-state index in [9.17, 15) is 50.2 Å². The first-order chi connectivity index (χ1) is 28.7. The average molecular weight is 899 g/mol. The molecule has 22 nitrogen and oxygen atoms in total. The van der Waals surface area contributed by atoms with E-state index in [-0.39, 0.29) is 18.7 Å². The molecule has 0 saturated carbocycles. The molecule has 0 aliphatic rings. The number of nitro groups is 2. The van der Waals surface area contributed by atoms with E-state index >= 15 is 0 Å². The number of ether oxygens (including phenoxy) is 4. The Hall–Kier alpha value is -7.10. The molecule has 61 heavy (non-hydrogen) atoms. The van der Waals surface area contributed by atoms with E-state index in [4.69, 9.17) is 29.9 Å². The summed E-state index contributed by atoms with van der Waals surface area (Å²) < 4.78 is 119.